The first kappa shape index (κ1) is 21.8. The highest BCUT2D eigenvalue weighted by Crippen LogP contribution is 2.24. The van der Waals surface area contributed by atoms with Crippen LogP contribution in [0.2, 0.25) is 0 Å². The summed E-state index contributed by atoms with van der Waals surface area (Å²) in [4.78, 5) is 15.3. The monoisotopic (exact) mass is 445 g/mol. The van der Waals surface area contributed by atoms with Gasteiger partial charge < -0.3 is 19.7 Å². The molecule has 2 aliphatic heterocycles. The van der Waals surface area contributed by atoms with Crippen LogP contribution < -0.4 is 10.2 Å². The molecule has 0 radical (unpaired) electrons. The number of hydrogen-bond acceptors (Lipinski definition) is 6. The second-order valence-corrected chi connectivity index (χ2v) is 9.53. The van der Waals surface area contributed by atoms with Gasteiger partial charge in [0.05, 0.1) is 31.3 Å². The third-order valence-electron chi connectivity index (χ3n) is 5.54. The molecule has 1 N–H and O–H groups in total. The number of rotatable bonds is 5. The molecule has 0 spiro atoms. The van der Waals surface area contributed by atoms with E-state index in [1.54, 1.807) is 19.1 Å². The zero-order valence-corrected chi connectivity index (χ0v) is 18.4. The molecule has 31 heavy (non-hydrogen) atoms. The van der Waals surface area contributed by atoms with Gasteiger partial charge in [-0.1, -0.05) is 12.1 Å². The van der Waals surface area contributed by atoms with Crippen molar-refractivity contribution in [3.63, 3.8) is 0 Å². The SMILES string of the molecule is Cc1ccc(S(=O)(=O)N2CCOCC2)cc1C(=O)Nc1cccc(N2CCOCC2)c1. The Kier molecular flexibility index (Phi) is 6.57. The summed E-state index contributed by atoms with van der Waals surface area (Å²) in [5.41, 5.74) is 2.73. The Morgan fingerprint density at radius 2 is 1.61 bits per heavy atom. The van der Waals surface area contributed by atoms with E-state index in [1.165, 1.54) is 10.4 Å². The van der Waals surface area contributed by atoms with Crippen molar-refractivity contribution in [1.82, 2.24) is 4.31 Å². The van der Waals surface area contributed by atoms with E-state index in [9.17, 15) is 13.2 Å². The van der Waals surface area contributed by atoms with E-state index >= 15 is 0 Å². The van der Waals surface area contributed by atoms with Gasteiger partial charge in [0.25, 0.3) is 5.91 Å². The second-order valence-electron chi connectivity index (χ2n) is 7.60. The molecular weight excluding hydrogens is 418 g/mol. The summed E-state index contributed by atoms with van der Waals surface area (Å²) in [6.07, 6.45) is 0. The minimum Gasteiger partial charge on any atom is -0.379 e. The van der Waals surface area contributed by atoms with Crippen LogP contribution in [-0.2, 0) is 19.5 Å². The van der Waals surface area contributed by atoms with Gasteiger partial charge >= 0.3 is 0 Å². The molecule has 2 saturated heterocycles. The Hall–Kier alpha value is -2.46. The first-order valence-electron chi connectivity index (χ1n) is 10.4. The van der Waals surface area contributed by atoms with E-state index in [0.29, 0.717) is 56.3 Å². The van der Waals surface area contributed by atoms with Crippen LogP contribution in [0.25, 0.3) is 0 Å². The number of aryl methyl sites for hydroxylation is 1. The number of hydrogen-bond donors (Lipinski definition) is 1. The van der Waals surface area contributed by atoms with Crippen molar-refractivity contribution in [2.75, 3.05) is 62.8 Å². The Morgan fingerprint density at radius 3 is 2.32 bits per heavy atom. The third kappa shape index (κ3) is 4.90. The minimum atomic E-state index is -3.67. The lowest BCUT2D eigenvalue weighted by Gasteiger charge is -2.29. The van der Waals surface area contributed by atoms with E-state index in [1.807, 2.05) is 24.3 Å². The summed E-state index contributed by atoms with van der Waals surface area (Å²) in [7, 11) is -3.67. The number of nitrogens with zero attached hydrogens (tertiary/aromatic N) is 2. The van der Waals surface area contributed by atoms with Gasteiger partial charge in [-0.3, -0.25) is 4.79 Å². The minimum absolute atomic E-state index is 0.118. The quantitative estimate of drug-likeness (QED) is 0.758. The Morgan fingerprint density at radius 1 is 0.935 bits per heavy atom. The molecule has 4 rings (SSSR count). The molecule has 0 unspecified atom stereocenters. The Labute approximate surface area is 182 Å². The van der Waals surface area contributed by atoms with Crippen LogP contribution in [0, 0.1) is 6.92 Å². The zero-order chi connectivity index (χ0) is 21.8. The summed E-state index contributed by atoms with van der Waals surface area (Å²) < 4.78 is 38.0. The van der Waals surface area contributed by atoms with E-state index < -0.39 is 10.0 Å². The summed E-state index contributed by atoms with van der Waals surface area (Å²) in [5, 5.41) is 2.91. The molecule has 166 valence electrons. The van der Waals surface area contributed by atoms with Crippen molar-refractivity contribution in [3.05, 3.63) is 53.6 Å². The van der Waals surface area contributed by atoms with Gasteiger partial charge in [-0.25, -0.2) is 8.42 Å². The molecule has 0 saturated carbocycles. The lowest BCUT2D eigenvalue weighted by atomic mass is 10.1. The normalized spacial score (nSPS) is 18.0. The number of carbonyl (C=O) groups is 1. The topological polar surface area (TPSA) is 88.2 Å². The molecule has 2 fully saturated rings. The van der Waals surface area contributed by atoms with Crippen LogP contribution in [0.15, 0.2) is 47.4 Å². The lowest BCUT2D eigenvalue weighted by Crippen LogP contribution is -2.40. The number of anilines is 2. The fourth-order valence-corrected chi connectivity index (χ4v) is 5.18. The van der Waals surface area contributed by atoms with E-state index in [-0.39, 0.29) is 10.8 Å². The van der Waals surface area contributed by atoms with Gasteiger partial charge in [-0.2, -0.15) is 4.31 Å². The first-order valence-corrected chi connectivity index (χ1v) is 11.8. The highest BCUT2D eigenvalue weighted by Gasteiger charge is 2.27. The van der Waals surface area contributed by atoms with Crippen LogP contribution in [0.1, 0.15) is 15.9 Å². The highest BCUT2D eigenvalue weighted by molar-refractivity contribution is 7.89. The number of morpholine rings is 2. The molecule has 9 heteroatoms. The van der Waals surface area contributed by atoms with Crippen molar-refractivity contribution >= 4 is 27.3 Å². The number of amides is 1. The predicted octanol–water partition coefficient (Wildman–Crippen LogP) is 2.10. The van der Waals surface area contributed by atoms with Crippen molar-refractivity contribution < 1.29 is 22.7 Å². The number of ether oxygens (including phenoxy) is 2. The number of nitrogens with one attached hydrogen (secondary N) is 1. The second kappa shape index (κ2) is 9.35. The zero-order valence-electron chi connectivity index (χ0n) is 17.5. The van der Waals surface area contributed by atoms with Crippen molar-refractivity contribution in [1.29, 1.82) is 0 Å². The highest BCUT2D eigenvalue weighted by atomic mass is 32.2. The van der Waals surface area contributed by atoms with Crippen LogP contribution in [0.3, 0.4) is 0 Å². The molecule has 2 aromatic carbocycles. The van der Waals surface area contributed by atoms with Gasteiger partial charge in [0.2, 0.25) is 10.0 Å². The summed E-state index contributed by atoms with van der Waals surface area (Å²) in [5.74, 6) is -0.337. The average molecular weight is 446 g/mol. The summed E-state index contributed by atoms with van der Waals surface area (Å²) in [6.45, 7) is 6.13. The van der Waals surface area contributed by atoms with Gasteiger partial charge in [-0.05, 0) is 42.8 Å². The molecular formula is C22H27N3O5S. The van der Waals surface area contributed by atoms with Gasteiger partial charge in [0, 0.05) is 43.1 Å². The van der Waals surface area contributed by atoms with E-state index in [4.69, 9.17) is 9.47 Å². The maximum absolute atomic E-state index is 13.0. The molecule has 0 aromatic heterocycles. The fraction of sp³-hybridized carbons (Fsp3) is 0.409. The van der Waals surface area contributed by atoms with Gasteiger partial charge in [-0.15, -0.1) is 0 Å². The third-order valence-corrected chi connectivity index (χ3v) is 7.44. The van der Waals surface area contributed by atoms with Crippen molar-refractivity contribution in [3.8, 4) is 0 Å². The molecule has 2 heterocycles. The van der Waals surface area contributed by atoms with Crippen LogP contribution in [0.4, 0.5) is 11.4 Å². The average Bonchev–Trinajstić information content (AvgIpc) is 2.80. The Bertz CT molecular complexity index is 1040. The summed E-state index contributed by atoms with van der Waals surface area (Å²) >= 11 is 0. The largest absolute Gasteiger partial charge is 0.379 e. The maximum atomic E-state index is 13.0. The Balaban J connectivity index is 1.54. The maximum Gasteiger partial charge on any atom is 0.255 e. The van der Waals surface area contributed by atoms with Crippen LogP contribution in [-0.4, -0.2) is 71.2 Å². The molecule has 0 bridgehead atoms. The first-order chi connectivity index (χ1) is 14.9. The van der Waals surface area contributed by atoms with Crippen molar-refractivity contribution in [2.45, 2.75) is 11.8 Å². The number of carbonyl (C=O) groups excluding carboxylic acids is 1. The van der Waals surface area contributed by atoms with Crippen LogP contribution in [0.5, 0.6) is 0 Å². The molecule has 0 aliphatic carbocycles. The molecule has 8 nitrogen and oxygen atoms in total. The number of benzene rings is 2. The molecule has 1 amide bonds. The molecule has 2 aliphatic rings. The van der Waals surface area contributed by atoms with E-state index in [0.717, 1.165) is 18.8 Å². The van der Waals surface area contributed by atoms with Crippen LogP contribution >= 0.6 is 0 Å². The predicted molar refractivity (Wildman–Crippen MR) is 118 cm³/mol. The lowest BCUT2D eigenvalue weighted by molar-refractivity contribution is 0.0730. The molecule has 2 aromatic rings. The standard InChI is InChI=1S/C22H27N3O5S/c1-17-5-6-20(31(27,28)25-9-13-30-14-10-25)16-21(17)22(26)23-18-3-2-4-19(15-18)24-7-11-29-12-8-24/h2-6,15-16H,7-14H2,1H3,(H,23,26). The fourth-order valence-electron chi connectivity index (χ4n) is 3.74. The van der Waals surface area contributed by atoms with E-state index in [2.05, 4.69) is 10.2 Å². The number of sulfonamides is 1. The summed E-state index contributed by atoms with van der Waals surface area (Å²) in [6, 6.07) is 12.3. The van der Waals surface area contributed by atoms with Gasteiger partial charge in [0.15, 0.2) is 0 Å². The van der Waals surface area contributed by atoms with Crippen molar-refractivity contribution in [2.24, 2.45) is 0 Å². The molecule has 0 atom stereocenters. The van der Waals surface area contributed by atoms with Gasteiger partial charge in [0.1, 0.15) is 0 Å². The smallest absolute Gasteiger partial charge is 0.255 e.